The Morgan fingerprint density at radius 3 is 2.60 bits per heavy atom. The first-order chi connectivity index (χ1) is 14.5. The molecular weight excluding hydrogens is 419 g/mol. The van der Waals surface area contributed by atoms with Crippen molar-refractivity contribution in [1.82, 2.24) is 24.6 Å². The number of aryl methyl sites for hydroxylation is 1. The Bertz CT molecular complexity index is 1070. The minimum absolute atomic E-state index is 0.0759. The molecule has 1 atom stereocenters. The highest BCUT2D eigenvalue weighted by molar-refractivity contribution is 6.35. The Morgan fingerprint density at radius 1 is 1.10 bits per heavy atom. The zero-order chi connectivity index (χ0) is 20.8. The summed E-state index contributed by atoms with van der Waals surface area (Å²) in [6.45, 7) is 8.55. The predicted octanol–water partition coefficient (Wildman–Crippen LogP) is 4.73. The fourth-order valence-corrected chi connectivity index (χ4v) is 5.16. The molecule has 1 aromatic carbocycles. The number of likely N-dealkylation sites (tertiary alicyclic amines) is 1. The smallest absolute Gasteiger partial charge is 0.179 e. The summed E-state index contributed by atoms with van der Waals surface area (Å²) in [6.07, 6.45) is 5.90. The van der Waals surface area contributed by atoms with Crippen LogP contribution < -0.4 is 4.90 Å². The van der Waals surface area contributed by atoms with Crippen LogP contribution >= 0.6 is 23.2 Å². The second-order valence-corrected chi connectivity index (χ2v) is 9.27. The number of halogens is 2. The maximum Gasteiger partial charge on any atom is 0.179 e. The molecule has 2 fully saturated rings. The van der Waals surface area contributed by atoms with Gasteiger partial charge in [0.1, 0.15) is 11.3 Å². The standard InChI is InChI=1S/C22H26Cl2N6/c1-14-21-22(30(27-14)15(2)18-7-6-16(23)10-19(18)24)26-20(11-25-21)29-12-17(13-29)28-8-4-3-5-9-28/h6-7,10-11,15,17H,3-5,8-9,12-13H2,1-2H3/t15-/m1/s1. The normalized spacial score (nSPS) is 19.3. The summed E-state index contributed by atoms with van der Waals surface area (Å²) in [7, 11) is 0. The largest absolute Gasteiger partial charge is 0.352 e. The highest BCUT2D eigenvalue weighted by Gasteiger charge is 2.33. The molecule has 0 saturated carbocycles. The molecule has 0 unspecified atom stereocenters. The van der Waals surface area contributed by atoms with E-state index >= 15 is 0 Å². The van der Waals surface area contributed by atoms with Crippen LogP contribution in [-0.4, -0.2) is 56.9 Å². The summed E-state index contributed by atoms with van der Waals surface area (Å²) < 4.78 is 1.93. The van der Waals surface area contributed by atoms with Crippen molar-refractivity contribution in [3.05, 3.63) is 45.7 Å². The lowest BCUT2D eigenvalue weighted by atomic mass is 10.0. The number of fused-ring (bicyclic) bond motifs is 1. The summed E-state index contributed by atoms with van der Waals surface area (Å²) in [5, 5.41) is 5.99. The molecule has 5 rings (SSSR count). The van der Waals surface area contributed by atoms with E-state index in [1.807, 2.05) is 29.9 Å². The van der Waals surface area contributed by atoms with Gasteiger partial charge in [-0.1, -0.05) is 35.7 Å². The number of hydrogen-bond donors (Lipinski definition) is 0. The van der Waals surface area contributed by atoms with E-state index < -0.39 is 0 Å². The highest BCUT2D eigenvalue weighted by Crippen LogP contribution is 2.31. The molecule has 4 heterocycles. The van der Waals surface area contributed by atoms with E-state index in [0.29, 0.717) is 16.1 Å². The Morgan fingerprint density at radius 2 is 1.87 bits per heavy atom. The molecule has 2 saturated heterocycles. The Labute approximate surface area is 186 Å². The van der Waals surface area contributed by atoms with Crippen LogP contribution in [0.15, 0.2) is 24.4 Å². The molecule has 30 heavy (non-hydrogen) atoms. The van der Waals surface area contributed by atoms with Crippen molar-refractivity contribution in [2.45, 2.75) is 45.2 Å². The summed E-state index contributed by atoms with van der Waals surface area (Å²) >= 11 is 12.5. The molecular formula is C22H26Cl2N6. The van der Waals surface area contributed by atoms with Crippen molar-refractivity contribution in [3.63, 3.8) is 0 Å². The van der Waals surface area contributed by atoms with Gasteiger partial charge in [0.2, 0.25) is 0 Å². The van der Waals surface area contributed by atoms with Crippen molar-refractivity contribution in [1.29, 1.82) is 0 Å². The van der Waals surface area contributed by atoms with Crippen molar-refractivity contribution >= 4 is 40.2 Å². The van der Waals surface area contributed by atoms with Crippen molar-refractivity contribution in [2.75, 3.05) is 31.1 Å². The van der Waals surface area contributed by atoms with E-state index in [1.54, 1.807) is 6.07 Å². The number of piperidine rings is 1. The Hall–Kier alpha value is -1.89. The topological polar surface area (TPSA) is 50.1 Å². The van der Waals surface area contributed by atoms with E-state index in [9.17, 15) is 0 Å². The molecule has 0 radical (unpaired) electrons. The van der Waals surface area contributed by atoms with Crippen LogP contribution in [0, 0.1) is 6.92 Å². The third kappa shape index (κ3) is 3.55. The van der Waals surface area contributed by atoms with Crippen molar-refractivity contribution in [3.8, 4) is 0 Å². The first-order valence-electron chi connectivity index (χ1n) is 10.7. The lowest BCUT2D eigenvalue weighted by molar-refractivity contribution is 0.138. The fourth-order valence-electron chi connectivity index (χ4n) is 4.59. The molecule has 3 aromatic rings. The number of rotatable bonds is 4. The zero-order valence-corrected chi connectivity index (χ0v) is 18.9. The monoisotopic (exact) mass is 444 g/mol. The van der Waals surface area contributed by atoms with Crippen LogP contribution in [0.25, 0.3) is 11.2 Å². The molecule has 0 spiro atoms. The van der Waals surface area contributed by atoms with Gasteiger partial charge in [-0.25, -0.2) is 14.6 Å². The van der Waals surface area contributed by atoms with Gasteiger partial charge in [0.15, 0.2) is 5.65 Å². The molecule has 0 aliphatic carbocycles. The van der Waals surface area contributed by atoms with Gasteiger partial charge in [0, 0.05) is 29.2 Å². The van der Waals surface area contributed by atoms with E-state index in [0.717, 1.165) is 41.3 Å². The molecule has 0 amide bonds. The first-order valence-corrected chi connectivity index (χ1v) is 11.4. The van der Waals surface area contributed by atoms with Gasteiger partial charge in [-0.05, 0) is 57.5 Å². The molecule has 2 aromatic heterocycles. The average Bonchev–Trinajstić information content (AvgIpc) is 3.03. The molecule has 2 aliphatic rings. The van der Waals surface area contributed by atoms with Crippen molar-refractivity contribution in [2.24, 2.45) is 0 Å². The maximum absolute atomic E-state index is 6.46. The van der Waals surface area contributed by atoms with Gasteiger partial charge in [-0.2, -0.15) is 5.10 Å². The second-order valence-electron chi connectivity index (χ2n) is 8.43. The van der Waals surface area contributed by atoms with Gasteiger partial charge in [0.25, 0.3) is 0 Å². The molecule has 2 aliphatic heterocycles. The first kappa shape index (κ1) is 20.0. The van der Waals surface area contributed by atoms with Crippen LogP contribution in [0.3, 0.4) is 0 Å². The van der Waals surface area contributed by atoms with Crippen LogP contribution in [-0.2, 0) is 0 Å². The Kier molecular flexibility index (Phi) is 5.33. The van der Waals surface area contributed by atoms with Crippen LogP contribution in [0.1, 0.15) is 43.5 Å². The molecule has 8 heteroatoms. The minimum Gasteiger partial charge on any atom is -0.352 e. The SMILES string of the molecule is Cc1nn([C@H](C)c2ccc(Cl)cc2Cl)c2nc(N3CC(N4CCCCC4)C3)cnc12. The second kappa shape index (κ2) is 7.98. The maximum atomic E-state index is 6.46. The van der Waals surface area contributed by atoms with E-state index in [4.69, 9.17) is 38.3 Å². The Balaban J connectivity index is 1.42. The fraction of sp³-hybridized carbons (Fsp3) is 0.500. The summed E-state index contributed by atoms with van der Waals surface area (Å²) in [5.74, 6) is 0.923. The van der Waals surface area contributed by atoms with Gasteiger partial charge in [0.05, 0.1) is 17.9 Å². The summed E-state index contributed by atoms with van der Waals surface area (Å²) in [4.78, 5) is 14.6. The molecule has 0 N–H and O–H groups in total. The van der Waals surface area contributed by atoms with E-state index in [-0.39, 0.29) is 6.04 Å². The number of nitrogens with zero attached hydrogens (tertiary/aromatic N) is 6. The minimum atomic E-state index is -0.0759. The lowest BCUT2D eigenvalue weighted by Crippen LogP contribution is -2.60. The predicted molar refractivity (Wildman–Crippen MR) is 122 cm³/mol. The van der Waals surface area contributed by atoms with E-state index in [2.05, 4.69) is 16.7 Å². The van der Waals surface area contributed by atoms with Gasteiger partial charge < -0.3 is 4.90 Å². The number of anilines is 1. The number of benzene rings is 1. The van der Waals surface area contributed by atoms with Crippen LogP contribution in [0.5, 0.6) is 0 Å². The summed E-state index contributed by atoms with van der Waals surface area (Å²) in [6, 6.07) is 6.14. The van der Waals surface area contributed by atoms with E-state index in [1.165, 1.54) is 32.4 Å². The van der Waals surface area contributed by atoms with Crippen LogP contribution in [0.2, 0.25) is 10.0 Å². The average molecular weight is 445 g/mol. The highest BCUT2D eigenvalue weighted by atomic mass is 35.5. The van der Waals surface area contributed by atoms with Crippen LogP contribution in [0.4, 0.5) is 5.82 Å². The van der Waals surface area contributed by atoms with Crippen molar-refractivity contribution < 1.29 is 0 Å². The third-order valence-electron chi connectivity index (χ3n) is 6.43. The summed E-state index contributed by atoms with van der Waals surface area (Å²) in [5.41, 5.74) is 3.47. The van der Waals surface area contributed by atoms with Gasteiger partial charge in [-0.15, -0.1) is 0 Å². The molecule has 158 valence electrons. The quantitative estimate of drug-likeness (QED) is 0.582. The molecule has 0 bridgehead atoms. The number of aromatic nitrogens is 4. The third-order valence-corrected chi connectivity index (χ3v) is 6.99. The zero-order valence-electron chi connectivity index (χ0n) is 17.4. The number of hydrogen-bond acceptors (Lipinski definition) is 5. The van der Waals surface area contributed by atoms with Gasteiger partial charge >= 0.3 is 0 Å². The van der Waals surface area contributed by atoms with Gasteiger partial charge in [-0.3, -0.25) is 4.90 Å². The molecule has 6 nitrogen and oxygen atoms in total. The lowest BCUT2D eigenvalue weighted by Gasteiger charge is -2.47.